The van der Waals surface area contributed by atoms with E-state index in [4.69, 9.17) is 9.47 Å². The van der Waals surface area contributed by atoms with Crippen LogP contribution < -0.4 is 20.1 Å². The molecule has 8 nitrogen and oxygen atoms in total. The minimum absolute atomic E-state index is 0.0845. The van der Waals surface area contributed by atoms with Crippen LogP contribution in [0.4, 0.5) is 10.6 Å². The first-order chi connectivity index (χ1) is 11.6. The number of carbonyl (C=O) groups is 1. The van der Waals surface area contributed by atoms with Gasteiger partial charge in [0.15, 0.2) is 0 Å². The molecule has 0 saturated carbocycles. The molecule has 2 atom stereocenters. The van der Waals surface area contributed by atoms with Crippen LogP contribution in [-0.2, 0) is 7.05 Å². The number of para-hydroxylation sites is 1. The van der Waals surface area contributed by atoms with Gasteiger partial charge in [0.1, 0.15) is 11.6 Å². The Labute approximate surface area is 139 Å². The van der Waals surface area contributed by atoms with Crippen LogP contribution in [-0.4, -0.2) is 41.2 Å². The van der Waals surface area contributed by atoms with Crippen LogP contribution in [0.5, 0.6) is 11.6 Å². The third-order valence-electron chi connectivity index (χ3n) is 4.01. The molecule has 1 aliphatic rings. The predicted octanol–water partition coefficient (Wildman–Crippen LogP) is 1.29. The zero-order valence-corrected chi connectivity index (χ0v) is 13.5. The van der Waals surface area contributed by atoms with Crippen LogP contribution in [0, 0.1) is 5.92 Å². The molecule has 0 bridgehead atoms. The molecular formula is C16H20N4O4. The van der Waals surface area contributed by atoms with E-state index in [2.05, 4.69) is 15.7 Å². The summed E-state index contributed by atoms with van der Waals surface area (Å²) in [4.78, 5) is 12.4. The average molecular weight is 332 g/mol. The quantitative estimate of drug-likeness (QED) is 0.784. The molecule has 1 aliphatic heterocycles. The molecule has 2 aromatic rings. The van der Waals surface area contributed by atoms with Gasteiger partial charge in [0, 0.05) is 24.6 Å². The fourth-order valence-electron chi connectivity index (χ4n) is 2.72. The fourth-order valence-corrected chi connectivity index (χ4v) is 2.72. The number of nitrogens with one attached hydrogen (secondary N) is 2. The molecule has 0 spiro atoms. The monoisotopic (exact) mass is 332 g/mol. The number of aliphatic hydroxyl groups excluding tert-OH is 1. The largest absolute Gasteiger partial charge is 0.493 e. The molecule has 1 aromatic heterocycles. The van der Waals surface area contributed by atoms with Crippen molar-refractivity contribution in [1.29, 1.82) is 0 Å². The number of anilines is 1. The van der Waals surface area contributed by atoms with Crippen molar-refractivity contribution in [1.82, 2.24) is 15.1 Å². The van der Waals surface area contributed by atoms with E-state index in [1.165, 1.54) is 11.8 Å². The predicted molar refractivity (Wildman–Crippen MR) is 87.2 cm³/mol. The smallest absolute Gasteiger partial charge is 0.320 e. The normalized spacial score (nSPS) is 19.1. The molecule has 3 N–H and O–H groups in total. The first-order valence-electron chi connectivity index (χ1n) is 7.60. The lowest BCUT2D eigenvalue weighted by Gasteiger charge is -2.33. The first kappa shape index (κ1) is 16.1. The third kappa shape index (κ3) is 3.13. The molecule has 0 aliphatic carbocycles. The van der Waals surface area contributed by atoms with Crippen molar-refractivity contribution in [2.45, 2.75) is 6.04 Å². The maximum absolute atomic E-state index is 12.4. The van der Waals surface area contributed by atoms with E-state index >= 15 is 0 Å². The van der Waals surface area contributed by atoms with E-state index in [9.17, 15) is 9.90 Å². The summed E-state index contributed by atoms with van der Waals surface area (Å²) in [6.07, 6.45) is 0. The SMILES string of the molecule is COc1cc(NC(=O)N[C@H]2c3ccccc3OC[C@H]2CO)n(C)n1. The number of aliphatic hydroxyl groups is 1. The van der Waals surface area contributed by atoms with Crippen LogP contribution in [0.3, 0.4) is 0 Å². The zero-order chi connectivity index (χ0) is 17.1. The standard InChI is InChI=1S/C16H20N4O4/c1-20-13(7-14(19-20)23-2)17-16(22)18-15-10(8-21)9-24-12-6-4-3-5-11(12)15/h3-7,10,15,21H,8-9H2,1-2H3,(H2,17,18,22)/t10-,15-/m1/s1. The number of methoxy groups -OCH3 is 1. The van der Waals surface area contributed by atoms with Gasteiger partial charge < -0.3 is 19.9 Å². The number of rotatable bonds is 4. The van der Waals surface area contributed by atoms with Gasteiger partial charge in [-0.25, -0.2) is 9.48 Å². The molecule has 2 amide bonds. The van der Waals surface area contributed by atoms with Gasteiger partial charge in [0.25, 0.3) is 0 Å². The molecule has 8 heteroatoms. The van der Waals surface area contributed by atoms with E-state index < -0.39 is 0 Å². The Kier molecular flexibility index (Phi) is 4.57. The van der Waals surface area contributed by atoms with Crippen molar-refractivity contribution in [2.24, 2.45) is 13.0 Å². The van der Waals surface area contributed by atoms with Gasteiger partial charge in [-0.15, -0.1) is 5.10 Å². The average Bonchev–Trinajstić information content (AvgIpc) is 2.95. The number of ether oxygens (including phenoxy) is 2. The Bertz CT molecular complexity index is 731. The number of hydrogen-bond acceptors (Lipinski definition) is 5. The molecule has 3 rings (SSSR count). The number of carbonyl (C=O) groups excluding carboxylic acids is 1. The second-order valence-electron chi connectivity index (χ2n) is 5.56. The number of amides is 2. The van der Waals surface area contributed by atoms with Crippen LogP contribution in [0.1, 0.15) is 11.6 Å². The highest BCUT2D eigenvalue weighted by atomic mass is 16.5. The van der Waals surface area contributed by atoms with E-state index in [1.807, 2.05) is 24.3 Å². The summed E-state index contributed by atoms with van der Waals surface area (Å²) in [6, 6.07) is 8.38. The van der Waals surface area contributed by atoms with Crippen LogP contribution in [0.15, 0.2) is 30.3 Å². The first-order valence-corrected chi connectivity index (χ1v) is 7.60. The molecule has 24 heavy (non-hydrogen) atoms. The highest BCUT2D eigenvalue weighted by Crippen LogP contribution is 2.35. The minimum Gasteiger partial charge on any atom is -0.493 e. The summed E-state index contributed by atoms with van der Waals surface area (Å²) >= 11 is 0. The van der Waals surface area contributed by atoms with Crippen molar-refractivity contribution in [3.05, 3.63) is 35.9 Å². The number of nitrogens with zero attached hydrogens (tertiary/aromatic N) is 2. The van der Waals surface area contributed by atoms with Gasteiger partial charge >= 0.3 is 6.03 Å². The molecule has 128 valence electrons. The van der Waals surface area contributed by atoms with Gasteiger partial charge in [0.2, 0.25) is 5.88 Å². The molecular weight excluding hydrogens is 312 g/mol. The van der Waals surface area contributed by atoms with E-state index in [-0.39, 0.29) is 24.6 Å². The van der Waals surface area contributed by atoms with E-state index in [1.54, 1.807) is 13.1 Å². The van der Waals surface area contributed by atoms with Crippen LogP contribution in [0.2, 0.25) is 0 Å². The highest BCUT2D eigenvalue weighted by Gasteiger charge is 2.31. The molecule has 0 saturated heterocycles. The van der Waals surface area contributed by atoms with Gasteiger partial charge in [-0.1, -0.05) is 18.2 Å². The lowest BCUT2D eigenvalue weighted by atomic mass is 9.91. The summed E-state index contributed by atoms with van der Waals surface area (Å²) in [5.74, 6) is 1.42. The summed E-state index contributed by atoms with van der Waals surface area (Å²) in [5.41, 5.74) is 0.848. The highest BCUT2D eigenvalue weighted by molar-refractivity contribution is 5.88. The van der Waals surface area contributed by atoms with Crippen molar-refractivity contribution in [3.8, 4) is 11.6 Å². The topological polar surface area (TPSA) is 97.6 Å². The summed E-state index contributed by atoms with van der Waals surface area (Å²) in [6.45, 7) is 0.261. The lowest BCUT2D eigenvalue weighted by molar-refractivity contribution is 0.114. The van der Waals surface area contributed by atoms with Crippen LogP contribution >= 0.6 is 0 Å². The number of fused-ring (bicyclic) bond motifs is 1. The second-order valence-corrected chi connectivity index (χ2v) is 5.56. The number of urea groups is 1. The Morgan fingerprint density at radius 2 is 2.29 bits per heavy atom. The molecule has 0 fully saturated rings. The number of hydrogen-bond donors (Lipinski definition) is 3. The Morgan fingerprint density at radius 1 is 1.50 bits per heavy atom. The zero-order valence-electron chi connectivity index (χ0n) is 13.5. The Balaban J connectivity index is 1.76. The molecule has 1 aromatic carbocycles. The number of aryl methyl sites for hydroxylation is 1. The van der Waals surface area contributed by atoms with E-state index in [0.29, 0.717) is 18.3 Å². The van der Waals surface area contributed by atoms with Crippen molar-refractivity contribution in [2.75, 3.05) is 25.6 Å². The maximum Gasteiger partial charge on any atom is 0.320 e. The summed E-state index contributed by atoms with van der Waals surface area (Å²) in [5, 5.41) is 19.3. The number of benzene rings is 1. The molecule has 0 unspecified atom stereocenters. The third-order valence-corrected chi connectivity index (χ3v) is 4.01. The van der Waals surface area contributed by atoms with Gasteiger partial charge in [0.05, 0.1) is 26.4 Å². The van der Waals surface area contributed by atoms with Crippen molar-refractivity contribution in [3.63, 3.8) is 0 Å². The van der Waals surface area contributed by atoms with Crippen molar-refractivity contribution < 1.29 is 19.4 Å². The molecule has 0 radical (unpaired) electrons. The number of aromatic nitrogens is 2. The summed E-state index contributed by atoms with van der Waals surface area (Å²) < 4.78 is 12.2. The van der Waals surface area contributed by atoms with Gasteiger partial charge in [-0.3, -0.25) is 5.32 Å². The van der Waals surface area contributed by atoms with E-state index in [0.717, 1.165) is 11.3 Å². The Hall–Kier alpha value is -2.74. The van der Waals surface area contributed by atoms with Crippen LogP contribution in [0.25, 0.3) is 0 Å². The van der Waals surface area contributed by atoms with Crippen molar-refractivity contribution >= 4 is 11.8 Å². The Morgan fingerprint density at radius 3 is 3.00 bits per heavy atom. The fraction of sp³-hybridized carbons (Fsp3) is 0.375. The van der Waals surface area contributed by atoms with Gasteiger partial charge in [-0.05, 0) is 6.07 Å². The molecule has 2 heterocycles. The second kappa shape index (κ2) is 6.79. The lowest BCUT2D eigenvalue weighted by Crippen LogP contribution is -2.42. The summed E-state index contributed by atoms with van der Waals surface area (Å²) in [7, 11) is 3.22. The maximum atomic E-state index is 12.4. The van der Waals surface area contributed by atoms with Gasteiger partial charge in [-0.2, -0.15) is 0 Å². The minimum atomic E-state index is -0.388.